The van der Waals surface area contributed by atoms with Gasteiger partial charge in [0.25, 0.3) is 0 Å². The Kier molecular flexibility index (Phi) is 3.59. The molecule has 0 radical (unpaired) electrons. The number of likely N-dealkylation sites (N-methyl/N-ethyl adjacent to an activating group) is 1. The van der Waals surface area contributed by atoms with Gasteiger partial charge in [-0.2, -0.15) is 5.48 Å². The molecule has 1 aliphatic rings. The van der Waals surface area contributed by atoms with Gasteiger partial charge in [0.05, 0.1) is 12.6 Å². The van der Waals surface area contributed by atoms with Crippen molar-refractivity contribution in [1.29, 1.82) is 0 Å². The summed E-state index contributed by atoms with van der Waals surface area (Å²) in [6, 6.07) is 10.6. The third kappa shape index (κ3) is 2.26. The SMILES string of the molecule is CONC1(c2ccccc2)CCCN(C)C1. The second kappa shape index (κ2) is 4.95. The van der Waals surface area contributed by atoms with E-state index in [9.17, 15) is 0 Å². The lowest BCUT2D eigenvalue weighted by Gasteiger charge is -2.41. The van der Waals surface area contributed by atoms with Crippen molar-refractivity contribution in [1.82, 2.24) is 10.4 Å². The Morgan fingerprint density at radius 2 is 2.06 bits per heavy atom. The van der Waals surface area contributed by atoms with Crippen LogP contribution in [-0.2, 0) is 10.4 Å². The van der Waals surface area contributed by atoms with E-state index in [2.05, 4.69) is 47.8 Å². The van der Waals surface area contributed by atoms with Crippen LogP contribution in [0.4, 0.5) is 0 Å². The van der Waals surface area contributed by atoms with Gasteiger partial charge in [-0.25, -0.2) is 0 Å². The maximum atomic E-state index is 5.21. The van der Waals surface area contributed by atoms with Crippen LogP contribution >= 0.6 is 0 Å². The van der Waals surface area contributed by atoms with Crippen LogP contribution in [0.25, 0.3) is 0 Å². The van der Waals surface area contributed by atoms with E-state index >= 15 is 0 Å². The van der Waals surface area contributed by atoms with Crippen molar-refractivity contribution in [3.63, 3.8) is 0 Å². The van der Waals surface area contributed by atoms with Gasteiger partial charge < -0.3 is 9.74 Å². The summed E-state index contributed by atoms with van der Waals surface area (Å²) in [5.74, 6) is 0. The van der Waals surface area contributed by atoms with Crippen molar-refractivity contribution in [2.24, 2.45) is 0 Å². The van der Waals surface area contributed by atoms with Gasteiger partial charge in [-0.3, -0.25) is 0 Å². The molecule has 1 unspecified atom stereocenters. The quantitative estimate of drug-likeness (QED) is 0.786. The van der Waals surface area contributed by atoms with Crippen molar-refractivity contribution < 1.29 is 4.84 Å². The molecule has 1 fully saturated rings. The Morgan fingerprint density at radius 3 is 2.69 bits per heavy atom. The largest absolute Gasteiger partial charge is 0.304 e. The van der Waals surface area contributed by atoms with Crippen LogP contribution in [0, 0.1) is 0 Å². The molecule has 1 aliphatic heterocycles. The van der Waals surface area contributed by atoms with Gasteiger partial charge in [-0.1, -0.05) is 30.3 Å². The molecule has 0 saturated carbocycles. The van der Waals surface area contributed by atoms with Gasteiger partial charge >= 0.3 is 0 Å². The summed E-state index contributed by atoms with van der Waals surface area (Å²) in [5, 5.41) is 0. The fourth-order valence-electron chi connectivity index (χ4n) is 2.60. The lowest BCUT2D eigenvalue weighted by atomic mass is 9.83. The van der Waals surface area contributed by atoms with E-state index in [1.165, 1.54) is 18.5 Å². The van der Waals surface area contributed by atoms with E-state index in [0.717, 1.165) is 13.0 Å². The van der Waals surface area contributed by atoms with Crippen LogP contribution in [0.2, 0.25) is 0 Å². The Hall–Kier alpha value is -0.900. The van der Waals surface area contributed by atoms with Gasteiger partial charge in [0.2, 0.25) is 0 Å². The molecule has 0 amide bonds. The predicted molar refractivity (Wildman–Crippen MR) is 65.0 cm³/mol. The smallest absolute Gasteiger partial charge is 0.0807 e. The topological polar surface area (TPSA) is 24.5 Å². The molecule has 16 heavy (non-hydrogen) atoms. The van der Waals surface area contributed by atoms with Crippen LogP contribution in [0.1, 0.15) is 18.4 Å². The number of likely N-dealkylation sites (tertiary alicyclic amines) is 1. The highest BCUT2D eigenvalue weighted by molar-refractivity contribution is 5.25. The van der Waals surface area contributed by atoms with Gasteiger partial charge in [0, 0.05) is 6.54 Å². The van der Waals surface area contributed by atoms with Gasteiger partial charge in [-0.05, 0) is 32.0 Å². The minimum Gasteiger partial charge on any atom is -0.304 e. The normalized spacial score (nSPS) is 26.9. The summed E-state index contributed by atoms with van der Waals surface area (Å²) in [6.07, 6.45) is 2.32. The summed E-state index contributed by atoms with van der Waals surface area (Å²) in [4.78, 5) is 7.56. The fourth-order valence-corrected chi connectivity index (χ4v) is 2.60. The van der Waals surface area contributed by atoms with Crippen molar-refractivity contribution in [2.75, 3.05) is 27.2 Å². The number of nitrogens with zero attached hydrogens (tertiary/aromatic N) is 1. The van der Waals surface area contributed by atoms with Crippen molar-refractivity contribution in [2.45, 2.75) is 18.4 Å². The summed E-state index contributed by atoms with van der Waals surface area (Å²) in [5.41, 5.74) is 4.46. The molecular weight excluding hydrogens is 200 g/mol. The first-order valence-corrected chi connectivity index (χ1v) is 5.81. The first kappa shape index (κ1) is 11.6. The average molecular weight is 220 g/mol. The van der Waals surface area contributed by atoms with Crippen LogP contribution in [0.15, 0.2) is 30.3 Å². The molecule has 3 nitrogen and oxygen atoms in total. The highest BCUT2D eigenvalue weighted by Crippen LogP contribution is 2.30. The molecule has 1 N–H and O–H groups in total. The monoisotopic (exact) mass is 220 g/mol. The Balaban J connectivity index is 2.27. The van der Waals surface area contributed by atoms with E-state index in [1.54, 1.807) is 7.11 Å². The second-order valence-corrected chi connectivity index (χ2v) is 4.60. The Labute approximate surface area is 97.4 Å². The lowest BCUT2D eigenvalue weighted by molar-refractivity contribution is -0.0230. The summed E-state index contributed by atoms with van der Waals surface area (Å²) < 4.78 is 0. The lowest BCUT2D eigenvalue weighted by Crippen LogP contribution is -2.53. The van der Waals surface area contributed by atoms with E-state index in [1.807, 2.05) is 0 Å². The summed E-state index contributed by atoms with van der Waals surface area (Å²) in [7, 11) is 3.85. The number of piperidine rings is 1. The molecule has 0 aromatic heterocycles. The van der Waals surface area contributed by atoms with Crippen LogP contribution in [0.5, 0.6) is 0 Å². The second-order valence-electron chi connectivity index (χ2n) is 4.60. The number of hydrogen-bond donors (Lipinski definition) is 1. The standard InChI is InChI=1S/C13H20N2O/c1-15-10-6-9-13(11-15,14-16-2)12-7-4-3-5-8-12/h3-5,7-8,14H,6,9-11H2,1-2H3. The number of benzene rings is 1. The van der Waals surface area contributed by atoms with Gasteiger partial charge in [0.15, 0.2) is 0 Å². The van der Waals surface area contributed by atoms with Crippen molar-refractivity contribution in [3.05, 3.63) is 35.9 Å². The zero-order valence-corrected chi connectivity index (χ0v) is 10.1. The zero-order valence-electron chi connectivity index (χ0n) is 10.1. The van der Waals surface area contributed by atoms with Gasteiger partial charge in [0.1, 0.15) is 0 Å². The van der Waals surface area contributed by atoms with Crippen molar-refractivity contribution in [3.8, 4) is 0 Å². The third-order valence-corrected chi connectivity index (χ3v) is 3.31. The highest BCUT2D eigenvalue weighted by Gasteiger charge is 2.35. The molecule has 1 atom stereocenters. The minimum absolute atomic E-state index is 0.0526. The summed E-state index contributed by atoms with van der Waals surface area (Å²) in [6.45, 7) is 2.16. The Morgan fingerprint density at radius 1 is 1.31 bits per heavy atom. The number of hydroxylamine groups is 1. The number of hydrogen-bond acceptors (Lipinski definition) is 3. The molecule has 2 rings (SSSR count). The molecular formula is C13H20N2O. The molecule has 3 heteroatoms. The van der Waals surface area contributed by atoms with E-state index in [-0.39, 0.29) is 5.54 Å². The van der Waals surface area contributed by atoms with Gasteiger partial charge in [-0.15, -0.1) is 0 Å². The van der Waals surface area contributed by atoms with Crippen LogP contribution in [-0.4, -0.2) is 32.1 Å². The minimum atomic E-state index is -0.0526. The first-order chi connectivity index (χ1) is 7.77. The van der Waals surface area contributed by atoms with E-state index < -0.39 is 0 Å². The zero-order chi connectivity index (χ0) is 11.4. The molecule has 0 bridgehead atoms. The van der Waals surface area contributed by atoms with Crippen LogP contribution < -0.4 is 5.48 Å². The fraction of sp³-hybridized carbons (Fsp3) is 0.538. The molecule has 1 aromatic rings. The molecule has 1 saturated heterocycles. The third-order valence-electron chi connectivity index (χ3n) is 3.31. The molecule has 0 aliphatic carbocycles. The van der Waals surface area contributed by atoms with E-state index in [0.29, 0.717) is 0 Å². The van der Waals surface area contributed by atoms with E-state index in [4.69, 9.17) is 4.84 Å². The predicted octanol–water partition coefficient (Wildman–Crippen LogP) is 1.76. The number of nitrogens with one attached hydrogen (secondary N) is 1. The average Bonchev–Trinajstić information content (AvgIpc) is 2.31. The van der Waals surface area contributed by atoms with Crippen LogP contribution in [0.3, 0.4) is 0 Å². The molecule has 1 aromatic carbocycles. The molecule has 88 valence electrons. The highest BCUT2D eigenvalue weighted by atomic mass is 16.6. The van der Waals surface area contributed by atoms with Crippen molar-refractivity contribution >= 4 is 0 Å². The maximum Gasteiger partial charge on any atom is 0.0807 e. The summed E-state index contributed by atoms with van der Waals surface area (Å²) >= 11 is 0. The Bertz CT molecular complexity index is 324. The molecule has 0 spiro atoms. The molecule has 1 heterocycles. The maximum absolute atomic E-state index is 5.21. The number of rotatable bonds is 3. The first-order valence-electron chi connectivity index (χ1n) is 5.81.